The van der Waals surface area contributed by atoms with Crippen molar-refractivity contribution in [1.29, 1.82) is 0 Å². The minimum atomic E-state index is 0. The normalized spacial score (nSPS) is 10.9. The molecule has 2 aromatic heterocycles. The molecule has 0 bridgehead atoms. The molecule has 0 aliphatic carbocycles. The van der Waals surface area contributed by atoms with Crippen molar-refractivity contribution in [3.63, 3.8) is 0 Å². The van der Waals surface area contributed by atoms with E-state index in [4.69, 9.17) is 71.7 Å². The monoisotopic (exact) mass is 629 g/mol. The Labute approximate surface area is 242 Å². The van der Waals surface area contributed by atoms with E-state index in [9.17, 15) is 0 Å². The first-order valence-electron chi connectivity index (χ1n) is 9.32. The molecule has 0 saturated heterocycles. The topological polar surface area (TPSA) is 86.1 Å². The molecule has 0 fully saturated rings. The zero-order valence-electron chi connectivity index (χ0n) is 17.9. The predicted octanol–water partition coefficient (Wildman–Crippen LogP) is 5.36. The van der Waals surface area contributed by atoms with Crippen LogP contribution in [0.2, 0.25) is 20.1 Å². The van der Waals surface area contributed by atoms with Gasteiger partial charge < -0.3 is 25.3 Å². The van der Waals surface area contributed by atoms with E-state index in [1.807, 2.05) is 0 Å². The van der Waals surface area contributed by atoms with E-state index >= 15 is 0 Å². The van der Waals surface area contributed by atoms with Gasteiger partial charge in [-0.15, -0.1) is 10.2 Å². The van der Waals surface area contributed by atoms with Gasteiger partial charge in [-0.25, -0.2) is 9.35 Å². The third-order valence-electron chi connectivity index (χ3n) is 4.09. The van der Waals surface area contributed by atoms with Crippen molar-refractivity contribution in [1.82, 2.24) is 29.7 Å². The second kappa shape index (κ2) is 13.5. The summed E-state index contributed by atoms with van der Waals surface area (Å²) in [5.41, 5.74) is 1.50. The van der Waals surface area contributed by atoms with Crippen LogP contribution in [-0.4, -0.2) is 42.2 Å². The van der Waals surface area contributed by atoms with E-state index in [1.165, 1.54) is 9.35 Å². The number of benzene rings is 2. The van der Waals surface area contributed by atoms with Gasteiger partial charge in [0.15, 0.2) is 0 Å². The van der Waals surface area contributed by atoms with Crippen molar-refractivity contribution in [3.8, 4) is 0 Å². The van der Waals surface area contributed by atoms with Crippen molar-refractivity contribution in [2.24, 2.45) is 10.2 Å². The van der Waals surface area contributed by atoms with Gasteiger partial charge in [0.25, 0.3) is 0 Å². The van der Waals surface area contributed by atoms with Gasteiger partial charge in [0.1, 0.15) is 11.6 Å². The molecule has 0 N–H and O–H groups in total. The number of nitrogens with zero attached hydrogens (tertiary/aromatic N) is 8. The molecule has 4 rings (SSSR count). The van der Waals surface area contributed by atoms with Gasteiger partial charge in [-0.3, -0.25) is 0 Å². The van der Waals surface area contributed by atoms with Crippen molar-refractivity contribution in [2.45, 2.75) is 24.2 Å². The Hall–Kier alpha value is -1.83. The molecule has 4 aromatic rings. The molecule has 0 unspecified atom stereocenters. The Bertz CT molecular complexity index is 1230. The Balaban J connectivity index is 0.000000240. The Morgan fingerprint density at radius 3 is 1.34 bits per heavy atom. The third kappa shape index (κ3) is 8.09. The molecular weight excluding hydrogens is 617 g/mol. The third-order valence-corrected chi connectivity index (χ3v) is 5.72. The summed E-state index contributed by atoms with van der Waals surface area (Å²) in [7, 11) is 0. The van der Waals surface area contributed by atoms with E-state index in [0.717, 1.165) is 11.1 Å². The minimum Gasteiger partial charge on any atom is -0.738 e. The fraction of sp³-hybridized carbons (Fsp3) is 0.100. The average Bonchev–Trinajstić information content (AvgIpc) is 3.28. The molecule has 0 atom stereocenters. The number of halogens is 4. The van der Waals surface area contributed by atoms with Gasteiger partial charge in [-0.2, -0.15) is 20.4 Å². The maximum Gasteiger partial charge on any atom is 2.00 e. The quantitative estimate of drug-likeness (QED) is 0.223. The van der Waals surface area contributed by atoms with Crippen LogP contribution in [0.15, 0.2) is 56.9 Å². The molecule has 0 aliphatic heterocycles. The maximum atomic E-state index is 6.01. The van der Waals surface area contributed by atoms with Crippen molar-refractivity contribution >= 4 is 84.1 Å². The van der Waals surface area contributed by atoms with Gasteiger partial charge in [-0.05, 0) is 38.1 Å². The Kier molecular flexibility index (Phi) is 11.3. The van der Waals surface area contributed by atoms with Gasteiger partial charge in [0.2, 0.25) is 0 Å². The maximum absolute atomic E-state index is 6.01. The van der Waals surface area contributed by atoms with Crippen LogP contribution in [0.1, 0.15) is 22.8 Å². The van der Waals surface area contributed by atoms with Crippen molar-refractivity contribution < 1.29 is 16.8 Å². The zero-order chi connectivity index (χ0) is 24.8. The first-order valence-corrected chi connectivity index (χ1v) is 11.7. The molecule has 35 heavy (non-hydrogen) atoms. The summed E-state index contributed by atoms with van der Waals surface area (Å²) in [6, 6.07) is 10.3. The van der Waals surface area contributed by atoms with Crippen LogP contribution in [0.3, 0.4) is 0 Å². The summed E-state index contributed by atoms with van der Waals surface area (Å²) in [4.78, 5) is 0. The van der Waals surface area contributed by atoms with E-state index in [1.54, 1.807) is 62.7 Å². The molecule has 2 heterocycles. The summed E-state index contributed by atoms with van der Waals surface area (Å²) < 4.78 is 2.92. The van der Waals surface area contributed by atoms with E-state index in [-0.39, 0.29) is 16.8 Å². The molecular formula is C20H14Cl4CoN8S2. The molecule has 0 spiro atoms. The van der Waals surface area contributed by atoms with Crippen molar-refractivity contribution in [3.05, 3.63) is 79.3 Å². The fourth-order valence-electron chi connectivity index (χ4n) is 2.39. The predicted molar refractivity (Wildman–Crippen MR) is 140 cm³/mol. The van der Waals surface area contributed by atoms with Gasteiger partial charge in [0, 0.05) is 31.5 Å². The zero-order valence-corrected chi connectivity index (χ0v) is 23.6. The first kappa shape index (κ1) is 29.4. The molecule has 0 amide bonds. The number of hydrogen-bond acceptors (Lipinski definition) is 8. The second-order valence-electron chi connectivity index (χ2n) is 6.50. The standard InChI is InChI=1S/2C10H8Cl2N4S.Co/c2*1-6-14-15-10(17)16(6)13-5-7-2-3-8(11)4-9(7)12;/h2*2-5H,1H3,(H,15,17);/q;;+2/p-2. The second-order valence-corrected chi connectivity index (χ2v) is 8.92. The number of hydrogen-bond donors (Lipinski definition) is 0. The van der Waals surface area contributed by atoms with Crippen LogP contribution >= 0.6 is 46.4 Å². The number of aryl methyl sites for hydroxylation is 2. The molecule has 15 heteroatoms. The summed E-state index contributed by atoms with van der Waals surface area (Å²) in [6.07, 6.45) is 3.18. The van der Waals surface area contributed by atoms with Crippen LogP contribution in [-0.2, 0) is 42.0 Å². The Morgan fingerprint density at radius 1 is 0.686 bits per heavy atom. The fourth-order valence-corrected chi connectivity index (χ4v) is 3.75. The molecule has 0 saturated carbocycles. The van der Waals surface area contributed by atoms with E-state index in [0.29, 0.717) is 42.1 Å². The molecule has 0 aliphatic rings. The number of rotatable bonds is 4. The summed E-state index contributed by atoms with van der Waals surface area (Å²) in [5.74, 6) is 1.24. The van der Waals surface area contributed by atoms with Crippen LogP contribution in [0.4, 0.5) is 0 Å². The molecule has 1 radical (unpaired) electrons. The van der Waals surface area contributed by atoms with Crippen molar-refractivity contribution in [2.75, 3.05) is 0 Å². The first-order chi connectivity index (χ1) is 16.2. The average molecular weight is 631 g/mol. The van der Waals surface area contributed by atoms with Crippen LogP contribution < -0.4 is 0 Å². The molecule has 8 nitrogen and oxygen atoms in total. The van der Waals surface area contributed by atoms with Gasteiger partial charge in [-0.1, -0.05) is 58.5 Å². The van der Waals surface area contributed by atoms with Crippen LogP contribution in [0.5, 0.6) is 0 Å². The molecule has 183 valence electrons. The molecule has 2 aromatic carbocycles. The summed E-state index contributed by atoms with van der Waals surface area (Å²) in [5, 5.41) is 26.2. The van der Waals surface area contributed by atoms with Crippen LogP contribution in [0.25, 0.3) is 0 Å². The minimum absolute atomic E-state index is 0. The van der Waals surface area contributed by atoms with Crippen LogP contribution in [0, 0.1) is 13.8 Å². The van der Waals surface area contributed by atoms with E-state index < -0.39 is 0 Å². The van der Waals surface area contributed by atoms with E-state index in [2.05, 4.69) is 30.6 Å². The summed E-state index contributed by atoms with van der Waals surface area (Å²) >= 11 is 33.5. The van der Waals surface area contributed by atoms with Gasteiger partial charge in [0.05, 0.1) is 22.5 Å². The largest absolute Gasteiger partial charge is 2.00 e. The summed E-state index contributed by atoms with van der Waals surface area (Å²) in [6.45, 7) is 3.53. The van der Waals surface area contributed by atoms with Gasteiger partial charge >= 0.3 is 16.8 Å². The smallest absolute Gasteiger partial charge is 0.738 e. The number of aromatic nitrogens is 6. The SMILES string of the molecule is Cc1nnc([S-])n1N=Cc1ccc(Cl)cc1Cl.Cc1nnc([S-])n1N=Cc1ccc(Cl)cc1Cl.[Co+2]. The Morgan fingerprint density at radius 2 is 1.06 bits per heavy atom.